The Morgan fingerprint density at radius 2 is 2.04 bits per heavy atom. The molecule has 27 heavy (non-hydrogen) atoms. The topological polar surface area (TPSA) is 108 Å². The van der Waals surface area contributed by atoms with Gasteiger partial charge in [-0.2, -0.15) is 0 Å². The second-order valence-corrected chi connectivity index (χ2v) is 5.63. The fraction of sp³-hybridized carbons (Fsp3) is 0.167. The minimum atomic E-state index is -0.628. The van der Waals surface area contributed by atoms with Crippen LogP contribution in [0.5, 0.6) is 5.75 Å². The second kappa shape index (κ2) is 8.09. The Morgan fingerprint density at radius 1 is 1.19 bits per heavy atom. The highest BCUT2D eigenvalue weighted by Gasteiger charge is 2.13. The molecular formula is C18H17N5O4. The van der Waals surface area contributed by atoms with Crippen LogP contribution in [-0.2, 0) is 9.53 Å². The maximum atomic E-state index is 12.2. The van der Waals surface area contributed by atoms with Crippen LogP contribution in [0.4, 0.5) is 5.69 Å². The third kappa shape index (κ3) is 4.46. The summed E-state index contributed by atoms with van der Waals surface area (Å²) in [4.78, 5) is 24.3. The van der Waals surface area contributed by atoms with Crippen LogP contribution in [-0.4, -0.2) is 45.8 Å². The number of methoxy groups -OCH3 is 1. The molecular weight excluding hydrogens is 350 g/mol. The van der Waals surface area contributed by atoms with E-state index in [1.165, 1.54) is 18.1 Å². The minimum Gasteiger partial charge on any atom is -0.495 e. The fourth-order valence-corrected chi connectivity index (χ4v) is 2.38. The zero-order valence-corrected chi connectivity index (χ0v) is 14.7. The first-order valence-electron chi connectivity index (χ1n) is 8.02. The molecule has 138 valence electrons. The third-order valence-corrected chi connectivity index (χ3v) is 3.66. The van der Waals surface area contributed by atoms with E-state index in [2.05, 4.69) is 20.8 Å². The normalized spacial score (nSPS) is 10.3. The molecule has 3 rings (SSSR count). The van der Waals surface area contributed by atoms with E-state index in [1.807, 2.05) is 13.0 Å². The van der Waals surface area contributed by atoms with Gasteiger partial charge < -0.3 is 14.8 Å². The van der Waals surface area contributed by atoms with Gasteiger partial charge in [0.25, 0.3) is 5.91 Å². The standard InChI is InChI=1S/C18H17N5O4/c1-12-6-7-16(26-2)15(8-12)20-17(24)10-27-18(25)13-4-3-5-14(9-13)23-11-19-21-22-23/h3-9,11H,10H2,1-2H3,(H,20,24). The van der Waals surface area contributed by atoms with E-state index >= 15 is 0 Å². The van der Waals surface area contributed by atoms with Gasteiger partial charge in [-0.1, -0.05) is 12.1 Å². The molecule has 0 saturated heterocycles. The summed E-state index contributed by atoms with van der Waals surface area (Å²) in [5, 5.41) is 13.5. The summed E-state index contributed by atoms with van der Waals surface area (Å²) in [5.41, 5.74) is 2.36. The predicted molar refractivity (Wildman–Crippen MR) is 95.8 cm³/mol. The van der Waals surface area contributed by atoms with Gasteiger partial charge in [-0.05, 0) is 53.2 Å². The number of aryl methyl sites for hydroxylation is 1. The average molecular weight is 367 g/mol. The molecule has 1 N–H and O–H groups in total. The monoisotopic (exact) mass is 367 g/mol. The summed E-state index contributed by atoms with van der Waals surface area (Å²) in [6.45, 7) is 1.47. The smallest absolute Gasteiger partial charge is 0.338 e. The third-order valence-electron chi connectivity index (χ3n) is 3.66. The van der Waals surface area contributed by atoms with Crippen LogP contribution >= 0.6 is 0 Å². The molecule has 0 unspecified atom stereocenters. The molecule has 0 aliphatic rings. The Labute approximate surface area is 154 Å². The van der Waals surface area contributed by atoms with Crippen LogP contribution in [0.1, 0.15) is 15.9 Å². The lowest BCUT2D eigenvalue weighted by atomic mass is 10.2. The number of benzene rings is 2. The van der Waals surface area contributed by atoms with Crippen LogP contribution in [0.25, 0.3) is 5.69 Å². The van der Waals surface area contributed by atoms with E-state index < -0.39 is 18.5 Å². The van der Waals surface area contributed by atoms with Crippen molar-refractivity contribution in [3.63, 3.8) is 0 Å². The fourth-order valence-electron chi connectivity index (χ4n) is 2.38. The zero-order valence-electron chi connectivity index (χ0n) is 14.7. The van der Waals surface area contributed by atoms with E-state index in [9.17, 15) is 9.59 Å². The number of esters is 1. The summed E-state index contributed by atoms with van der Waals surface area (Å²) in [6, 6.07) is 12.0. The number of rotatable bonds is 6. The largest absolute Gasteiger partial charge is 0.495 e. The molecule has 0 aliphatic heterocycles. The van der Waals surface area contributed by atoms with Gasteiger partial charge in [0.1, 0.15) is 12.1 Å². The Balaban J connectivity index is 1.62. The maximum absolute atomic E-state index is 12.2. The van der Waals surface area contributed by atoms with Gasteiger partial charge in [0.05, 0.1) is 24.0 Å². The highest BCUT2D eigenvalue weighted by atomic mass is 16.5. The first kappa shape index (κ1) is 18.1. The van der Waals surface area contributed by atoms with E-state index in [0.29, 0.717) is 17.1 Å². The molecule has 0 fully saturated rings. The molecule has 0 bridgehead atoms. The lowest BCUT2D eigenvalue weighted by Gasteiger charge is -2.11. The van der Waals surface area contributed by atoms with Crippen LogP contribution in [0.3, 0.4) is 0 Å². The molecule has 0 radical (unpaired) electrons. The predicted octanol–water partition coefficient (Wildman–Crippen LogP) is 1.77. The van der Waals surface area contributed by atoms with Gasteiger partial charge in [-0.25, -0.2) is 9.48 Å². The molecule has 0 spiro atoms. The molecule has 1 heterocycles. The molecule has 0 saturated carbocycles. The first-order valence-corrected chi connectivity index (χ1v) is 8.02. The number of carbonyl (C=O) groups is 2. The number of aromatic nitrogens is 4. The van der Waals surface area contributed by atoms with Crippen LogP contribution in [0.15, 0.2) is 48.8 Å². The molecule has 0 atom stereocenters. The number of hydrogen-bond donors (Lipinski definition) is 1. The van der Waals surface area contributed by atoms with Crippen molar-refractivity contribution in [2.24, 2.45) is 0 Å². The van der Waals surface area contributed by atoms with E-state index in [0.717, 1.165) is 5.56 Å². The molecule has 9 nitrogen and oxygen atoms in total. The summed E-state index contributed by atoms with van der Waals surface area (Å²) in [7, 11) is 1.51. The highest BCUT2D eigenvalue weighted by Crippen LogP contribution is 2.25. The van der Waals surface area contributed by atoms with Gasteiger partial charge in [-0.3, -0.25) is 4.79 Å². The Hall–Kier alpha value is -3.75. The molecule has 2 aromatic carbocycles. The number of anilines is 1. The first-order chi connectivity index (χ1) is 13.1. The number of amides is 1. The Kier molecular flexibility index (Phi) is 5.41. The SMILES string of the molecule is COc1ccc(C)cc1NC(=O)COC(=O)c1cccc(-n2cnnn2)c1. The Morgan fingerprint density at radius 3 is 2.78 bits per heavy atom. The van der Waals surface area contributed by atoms with Gasteiger partial charge in [0.2, 0.25) is 0 Å². The van der Waals surface area contributed by atoms with Gasteiger partial charge in [0.15, 0.2) is 6.61 Å². The van der Waals surface area contributed by atoms with E-state index in [4.69, 9.17) is 9.47 Å². The van der Waals surface area contributed by atoms with Crippen LogP contribution in [0, 0.1) is 6.92 Å². The lowest BCUT2D eigenvalue weighted by molar-refractivity contribution is -0.119. The molecule has 3 aromatic rings. The van der Waals surface area contributed by atoms with Gasteiger partial charge in [-0.15, -0.1) is 5.10 Å². The van der Waals surface area contributed by atoms with Crippen molar-refractivity contribution in [1.29, 1.82) is 0 Å². The molecule has 1 aromatic heterocycles. The lowest BCUT2D eigenvalue weighted by Crippen LogP contribution is -2.21. The zero-order chi connectivity index (χ0) is 19.2. The number of ether oxygens (including phenoxy) is 2. The van der Waals surface area contributed by atoms with E-state index in [-0.39, 0.29) is 5.56 Å². The van der Waals surface area contributed by atoms with Crippen molar-refractivity contribution in [2.45, 2.75) is 6.92 Å². The van der Waals surface area contributed by atoms with Crippen LogP contribution < -0.4 is 10.1 Å². The van der Waals surface area contributed by atoms with Crippen molar-refractivity contribution >= 4 is 17.6 Å². The maximum Gasteiger partial charge on any atom is 0.338 e. The quantitative estimate of drug-likeness (QED) is 0.662. The van der Waals surface area contributed by atoms with Crippen molar-refractivity contribution in [1.82, 2.24) is 20.2 Å². The van der Waals surface area contributed by atoms with Crippen LogP contribution in [0.2, 0.25) is 0 Å². The second-order valence-electron chi connectivity index (χ2n) is 5.63. The minimum absolute atomic E-state index is 0.281. The summed E-state index contributed by atoms with van der Waals surface area (Å²) >= 11 is 0. The van der Waals surface area contributed by atoms with Crippen molar-refractivity contribution in [3.8, 4) is 11.4 Å². The summed E-state index contributed by atoms with van der Waals surface area (Å²) in [6.07, 6.45) is 1.41. The van der Waals surface area contributed by atoms with Crippen molar-refractivity contribution in [2.75, 3.05) is 19.0 Å². The number of hydrogen-bond acceptors (Lipinski definition) is 7. The number of nitrogens with zero attached hydrogens (tertiary/aromatic N) is 4. The Bertz CT molecular complexity index is 956. The van der Waals surface area contributed by atoms with Gasteiger partial charge >= 0.3 is 5.97 Å². The summed E-state index contributed by atoms with van der Waals surface area (Å²) < 4.78 is 11.7. The van der Waals surface area contributed by atoms with Gasteiger partial charge in [0, 0.05) is 0 Å². The van der Waals surface area contributed by atoms with Crippen molar-refractivity contribution < 1.29 is 19.1 Å². The van der Waals surface area contributed by atoms with Crippen molar-refractivity contribution in [3.05, 3.63) is 59.9 Å². The van der Waals surface area contributed by atoms with E-state index in [1.54, 1.807) is 36.4 Å². The number of carbonyl (C=O) groups excluding carboxylic acids is 2. The highest BCUT2D eigenvalue weighted by molar-refractivity contribution is 5.96. The molecule has 0 aliphatic carbocycles. The number of tetrazole rings is 1. The molecule has 9 heteroatoms. The average Bonchev–Trinajstić information content (AvgIpc) is 3.21. The molecule has 1 amide bonds. The summed E-state index contributed by atoms with van der Waals surface area (Å²) in [5.74, 6) is -0.574. The number of nitrogens with one attached hydrogen (secondary N) is 1.